The molecule has 4 nitrogen and oxygen atoms in total. The largest absolute Gasteiger partial charge is 0.506 e. The van der Waals surface area contributed by atoms with E-state index in [-0.39, 0.29) is 11.7 Å². The Labute approximate surface area is 101 Å². The van der Waals surface area contributed by atoms with Crippen LogP contribution in [0.3, 0.4) is 0 Å². The van der Waals surface area contributed by atoms with Gasteiger partial charge < -0.3 is 15.5 Å². The second-order valence-electron chi connectivity index (χ2n) is 4.12. The normalized spacial score (nSPS) is 12.2. The van der Waals surface area contributed by atoms with Crippen molar-refractivity contribution in [2.75, 3.05) is 5.32 Å². The first-order chi connectivity index (χ1) is 8.04. The minimum Gasteiger partial charge on any atom is -0.506 e. The number of anilines is 1. The number of aliphatic hydroxyl groups excluding tert-OH is 1. The summed E-state index contributed by atoms with van der Waals surface area (Å²) in [7, 11) is 0. The Bertz CT molecular complexity index is 390. The van der Waals surface area contributed by atoms with Gasteiger partial charge in [0.05, 0.1) is 11.8 Å². The van der Waals surface area contributed by atoms with Gasteiger partial charge in [-0.15, -0.1) is 0 Å². The Balaban J connectivity index is 2.77. The molecule has 0 fully saturated rings. The maximum Gasteiger partial charge on any atom is 0.221 e. The maximum atomic E-state index is 10.9. The summed E-state index contributed by atoms with van der Waals surface area (Å²) in [5.41, 5.74) is 1.04. The molecular formula is C13H19NO3. The van der Waals surface area contributed by atoms with Gasteiger partial charge in [-0.3, -0.25) is 4.79 Å². The summed E-state index contributed by atoms with van der Waals surface area (Å²) in [6.07, 6.45) is 2.07. The van der Waals surface area contributed by atoms with Crippen molar-refractivity contribution in [3.8, 4) is 5.75 Å². The van der Waals surface area contributed by atoms with Gasteiger partial charge in [-0.2, -0.15) is 0 Å². The molecule has 17 heavy (non-hydrogen) atoms. The van der Waals surface area contributed by atoms with Crippen molar-refractivity contribution >= 4 is 11.6 Å². The van der Waals surface area contributed by atoms with Crippen LogP contribution < -0.4 is 5.32 Å². The molecule has 94 valence electrons. The molecule has 1 atom stereocenters. The van der Waals surface area contributed by atoms with Crippen LogP contribution in [0.1, 0.15) is 44.8 Å². The van der Waals surface area contributed by atoms with Gasteiger partial charge in [0.1, 0.15) is 5.75 Å². The SMILES string of the molecule is CCCCC(O)c1ccc(NC(C)=O)c(O)c1. The molecule has 4 heteroatoms. The highest BCUT2D eigenvalue weighted by Gasteiger charge is 2.10. The summed E-state index contributed by atoms with van der Waals surface area (Å²) >= 11 is 0. The number of unbranched alkanes of at least 4 members (excludes halogenated alkanes) is 1. The van der Waals surface area contributed by atoms with E-state index in [0.29, 0.717) is 17.7 Å². The number of phenolic OH excluding ortho intramolecular Hbond substituents is 1. The topological polar surface area (TPSA) is 69.6 Å². The summed E-state index contributed by atoms with van der Waals surface area (Å²) in [6, 6.07) is 4.80. The zero-order valence-corrected chi connectivity index (χ0v) is 10.2. The molecule has 1 amide bonds. The van der Waals surface area contributed by atoms with Gasteiger partial charge in [-0.1, -0.05) is 25.8 Å². The predicted molar refractivity (Wildman–Crippen MR) is 66.9 cm³/mol. The molecule has 0 aromatic heterocycles. The minimum atomic E-state index is -0.563. The van der Waals surface area contributed by atoms with Crippen molar-refractivity contribution in [3.63, 3.8) is 0 Å². The molecule has 0 aliphatic rings. The average Bonchev–Trinajstić information content (AvgIpc) is 2.28. The minimum absolute atomic E-state index is 0.0201. The van der Waals surface area contributed by atoms with Crippen LogP contribution in [0.25, 0.3) is 0 Å². The van der Waals surface area contributed by atoms with Gasteiger partial charge in [0.25, 0.3) is 0 Å². The summed E-state index contributed by atoms with van der Waals surface area (Å²) in [4.78, 5) is 10.9. The molecule has 0 saturated carbocycles. The van der Waals surface area contributed by atoms with E-state index in [9.17, 15) is 15.0 Å². The quantitative estimate of drug-likeness (QED) is 0.689. The molecule has 0 aliphatic carbocycles. The van der Waals surface area contributed by atoms with E-state index in [2.05, 4.69) is 12.2 Å². The number of aromatic hydroxyl groups is 1. The van der Waals surface area contributed by atoms with Crippen molar-refractivity contribution < 1.29 is 15.0 Å². The van der Waals surface area contributed by atoms with Crippen molar-refractivity contribution in [1.29, 1.82) is 0 Å². The van der Waals surface area contributed by atoms with E-state index in [0.717, 1.165) is 12.8 Å². The lowest BCUT2D eigenvalue weighted by molar-refractivity contribution is -0.114. The second kappa shape index (κ2) is 6.25. The van der Waals surface area contributed by atoms with Crippen molar-refractivity contribution in [1.82, 2.24) is 0 Å². The Morgan fingerprint density at radius 3 is 2.71 bits per heavy atom. The molecule has 0 spiro atoms. The number of phenols is 1. The highest BCUT2D eigenvalue weighted by Crippen LogP contribution is 2.28. The van der Waals surface area contributed by atoms with Gasteiger partial charge in [0.2, 0.25) is 5.91 Å². The third-order valence-corrected chi connectivity index (χ3v) is 2.55. The Morgan fingerprint density at radius 1 is 1.47 bits per heavy atom. The molecule has 0 aliphatic heterocycles. The fourth-order valence-corrected chi connectivity index (χ4v) is 1.62. The zero-order chi connectivity index (χ0) is 12.8. The van der Waals surface area contributed by atoms with Gasteiger partial charge in [0, 0.05) is 6.92 Å². The molecular weight excluding hydrogens is 218 g/mol. The molecule has 0 heterocycles. The fourth-order valence-electron chi connectivity index (χ4n) is 1.62. The van der Waals surface area contributed by atoms with Gasteiger partial charge >= 0.3 is 0 Å². The first kappa shape index (κ1) is 13.5. The number of carbonyl (C=O) groups excluding carboxylic acids is 1. The molecule has 3 N–H and O–H groups in total. The van der Waals surface area contributed by atoms with Crippen LogP contribution in [-0.2, 0) is 4.79 Å². The number of nitrogens with one attached hydrogen (secondary N) is 1. The van der Waals surface area contributed by atoms with Crippen molar-refractivity contribution in [2.24, 2.45) is 0 Å². The van der Waals surface area contributed by atoms with Crippen LogP contribution in [0.5, 0.6) is 5.75 Å². The maximum absolute atomic E-state index is 10.9. The van der Waals surface area contributed by atoms with Crippen LogP contribution in [-0.4, -0.2) is 16.1 Å². The molecule has 0 bridgehead atoms. The third kappa shape index (κ3) is 4.07. The number of hydrogen-bond donors (Lipinski definition) is 3. The summed E-state index contributed by atoms with van der Waals surface area (Å²) in [5.74, 6) is -0.257. The van der Waals surface area contributed by atoms with E-state index in [1.165, 1.54) is 13.0 Å². The van der Waals surface area contributed by atoms with E-state index >= 15 is 0 Å². The lowest BCUT2D eigenvalue weighted by Gasteiger charge is -2.12. The lowest BCUT2D eigenvalue weighted by Crippen LogP contribution is -2.06. The van der Waals surface area contributed by atoms with E-state index < -0.39 is 6.10 Å². The molecule has 0 saturated heterocycles. The van der Waals surface area contributed by atoms with Crippen LogP contribution in [0.2, 0.25) is 0 Å². The first-order valence-electron chi connectivity index (χ1n) is 5.83. The first-order valence-corrected chi connectivity index (χ1v) is 5.83. The van der Waals surface area contributed by atoms with Crippen molar-refractivity contribution in [2.45, 2.75) is 39.2 Å². The van der Waals surface area contributed by atoms with Crippen LogP contribution in [0, 0.1) is 0 Å². The summed E-state index contributed by atoms with van der Waals surface area (Å²) in [6.45, 7) is 3.44. The smallest absolute Gasteiger partial charge is 0.221 e. The average molecular weight is 237 g/mol. The number of aliphatic hydroxyl groups is 1. The number of amides is 1. The number of carbonyl (C=O) groups is 1. The highest BCUT2D eigenvalue weighted by atomic mass is 16.3. The molecule has 0 radical (unpaired) electrons. The third-order valence-electron chi connectivity index (χ3n) is 2.55. The Kier molecular flexibility index (Phi) is 4.97. The van der Waals surface area contributed by atoms with Gasteiger partial charge in [0.15, 0.2) is 0 Å². The number of benzene rings is 1. The van der Waals surface area contributed by atoms with Gasteiger partial charge in [-0.25, -0.2) is 0 Å². The fraction of sp³-hybridized carbons (Fsp3) is 0.462. The van der Waals surface area contributed by atoms with E-state index in [1.807, 2.05) is 0 Å². The highest BCUT2D eigenvalue weighted by molar-refractivity contribution is 5.90. The second-order valence-corrected chi connectivity index (χ2v) is 4.12. The molecule has 1 rings (SSSR count). The van der Waals surface area contributed by atoms with E-state index in [1.54, 1.807) is 12.1 Å². The molecule has 1 aromatic carbocycles. The zero-order valence-electron chi connectivity index (χ0n) is 10.2. The number of rotatable bonds is 5. The summed E-state index contributed by atoms with van der Waals surface area (Å²) < 4.78 is 0. The van der Waals surface area contributed by atoms with Crippen LogP contribution >= 0.6 is 0 Å². The van der Waals surface area contributed by atoms with Crippen LogP contribution in [0.4, 0.5) is 5.69 Å². The molecule has 1 unspecified atom stereocenters. The van der Waals surface area contributed by atoms with E-state index in [4.69, 9.17) is 0 Å². The Morgan fingerprint density at radius 2 is 2.18 bits per heavy atom. The van der Waals surface area contributed by atoms with Crippen molar-refractivity contribution in [3.05, 3.63) is 23.8 Å². The molecule has 1 aromatic rings. The lowest BCUT2D eigenvalue weighted by atomic mass is 10.0. The van der Waals surface area contributed by atoms with Gasteiger partial charge in [-0.05, 0) is 24.1 Å². The Hall–Kier alpha value is -1.55. The van der Waals surface area contributed by atoms with Crippen LogP contribution in [0.15, 0.2) is 18.2 Å². The standard InChI is InChI=1S/C13H19NO3/c1-3-4-5-12(16)10-6-7-11(13(17)8-10)14-9(2)15/h6-8,12,16-17H,3-5H2,1-2H3,(H,14,15). The predicted octanol–water partition coefficient (Wildman–Crippen LogP) is 2.57. The monoisotopic (exact) mass is 237 g/mol. The summed E-state index contributed by atoms with van der Waals surface area (Å²) in [5, 5.41) is 22.1. The number of hydrogen-bond acceptors (Lipinski definition) is 3.